The van der Waals surface area contributed by atoms with Crippen molar-refractivity contribution in [1.82, 2.24) is 9.78 Å². The van der Waals surface area contributed by atoms with Gasteiger partial charge in [0.05, 0.1) is 5.69 Å². The number of aliphatic hydroxyl groups excluding tert-OH is 1. The van der Waals surface area contributed by atoms with E-state index in [-0.39, 0.29) is 12.2 Å². The highest BCUT2D eigenvalue weighted by Gasteiger charge is 1.97. The maximum absolute atomic E-state index is 11.4. The van der Waals surface area contributed by atoms with Crippen LogP contribution in [0.15, 0.2) is 16.9 Å². The van der Waals surface area contributed by atoms with Gasteiger partial charge in [0.1, 0.15) is 0 Å². The molecule has 0 atom stereocenters. The first-order chi connectivity index (χ1) is 7.24. The fraction of sp³-hybridized carbons (Fsp3) is 0.636. The maximum Gasteiger partial charge on any atom is 0.266 e. The normalized spacial score (nSPS) is 10.5. The molecule has 0 aliphatic heterocycles. The third-order valence-corrected chi connectivity index (χ3v) is 2.28. The summed E-state index contributed by atoms with van der Waals surface area (Å²) in [7, 11) is 0. The number of unbranched alkanes of at least 4 members (excludes halogenated alkanes) is 3. The van der Waals surface area contributed by atoms with Crippen molar-refractivity contribution in [2.75, 3.05) is 6.61 Å². The first kappa shape index (κ1) is 11.9. The zero-order valence-corrected chi connectivity index (χ0v) is 9.15. The minimum Gasteiger partial charge on any atom is -0.396 e. The summed E-state index contributed by atoms with van der Waals surface area (Å²) in [6, 6.07) is 3.28. The van der Waals surface area contributed by atoms with Gasteiger partial charge in [0.2, 0.25) is 0 Å². The molecule has 15 heavy (non-hydrogen) atoms. The first-order valence-corrected chi connectivity index (χ1v) is 5.39. The Morgan fingerprint density at radius 2 is 2.00 bits per heavy atom. The molecular weight excluding hydrogens is 192 g/mol. The van der Waals surface area contributed by atoms with Crippen LogP contribution < -0.4 is 5.56 Å². The lowest BCUT2D eigenvalue weighted by Gasteiger charge is -2.04. The molecule has 84 valence electrons. The molecule has 1 heterocycles. The van der Waals surface area contributed by atoms with Crippen molar-refractivity contribution >= 4 is 0 Å². The molecule has 0 bridgehead atoms. The minimum atomic E-state index is -0.0391. The van der Waals surface area contributed by atoms with E-state index in [2.05, 4.69) is 5.10 Å². The van der Waals surface area contributed by atoms with E-state index >= 15 is 0 Å². The maximum atomic E-state index is 11.4. The highest BCUT2D eigenvalue weighted by atomic mass is 16.2. The van der Waals surface area contributed by atoms with E-state index in [1.165, 1.54) is 4.68 Å². The largest absolute Gasteiger partial charge is 0.396 e. The Morgan fingerprint density at radius 3 is 2.73 bits per heavy atom. The zero-order chi connectivity index (χ0) is 11.1. The van der Waals surface area contributed by atoms with Gasteiger partial charge in [0, 0.05) is 19.2 Å². The van der Waals surface area contributed by atoms with Crippen LogP contribution in [0.2, 0.25) is 0 Å². The van der Waals surface area contributed by atoms with Crippen molar-refractivity contribution in [3.63, 3.8) is 0 Å². The Bertz CT molecular complexity index is 347. The zero-order valence-electron chi connectivity index (χ0n) is 9.15. The smallest absolute Gasteiger partial charge is 0.266 e. The Morgan fingerprint density at radius 1 is 1.27 bits per heavy atom. The second-order valence-corrected chi connectivity index (χ2v) is 3.67. The molecule has 4 heteroatoms. The standard InChI is InChI=1S/C11H18N2O2/c1-10-6-7-11(15)13(12-10)8-4-2-3-5-9-14/h6-7,14H,2-5,8-9H2,1H3. The van der Waals surface area contributed by atoms with Crippen LogP contribution in [-0.2, 0) is 6.54 Å². The molecule has 0 fully saturated rings. The van der Waals surface area contributed by atoms with Gasteiger partial charge in [-0.3, -0.25) is 4.79 Å². The van der Waals surface area contributed by atoms with Crippen molar-refractivity contribution < 1.29 is 5.11 Å². The average Bonchev–Trinajstić information content (AvgIpc) is 2.23. The van der Waals surface area contributed by atoms with Crippen LogP contribution in [0.1, 0.15) is 31.4 Å². The quantitative estimate of drug-likeness (QED) is 0.715. The third kappa shape index (κ3) is 4.25. The van der Waals surface area contributed by atoms with Crippen LogP contribution in [-0.4, -0.2) is 21.5 Å². The summed E-state index contributed by atoms with van der Waals surface area (Å²) in [6.07, 6.45) is 3.83. The van der Waals surface area contributed by atoms with E-state index in [1.807, 2.05) is 6.92 Å². The molecule has 1 rings (SSSR count). The van der Waals surface area contributed by atoms with Crippen LogP contribution in [0, 0.1) is 6.92 Å². The molecule has 1 aromatic rings. The van der Waals surface area contributed by atoms with Gasteiger partial charge in [-0.05, 0) is 25.8 Å². The molecule has 0 aromatic carbocycles. The number of rotatable bonds is 6. The van der Waals surface area contributed by atoms with Gasteiger partial charge in [-0.15, -0.1) is 0 Å². The van der Waals surface area contributed by atoms with Crippen LogP contribution in [0.5, 0.6) is 0 Å². The molecule has 0 saturated carbocycles. The molecular formula is C11H18N2O2. The number of aromatic nitrogens is 2. The van der Waals surface area contributed by atoms with Gasteiger partial charge in [-0.25, -0.2) is 4.68 Å². The van der Waals surface area contributed by atoms with Crippen molar-refractivity contribution in [2.45, 2.75) is 39.2 Å². The van der Waals surface area contributed by atoms with Crippen molar-refractivity contribution in [3.05, 3.63) is 28.2 Å². The van der Waals surface area contributed by atoms with Gasteiger partial charge in [-0.1, -0.05) is 12.8 Å². The summed E-state index contributed by atoms with van der Waals surface area (Å²) in [6.45, 7) is 2.80. The van der Waals surface area contributed by atoms with Gasteiger partial charge in [0.15, 0.2) is 0 Å². The number of hydrogen-bond donors (Lipinski definition) is 1. The van der Waals surface area contributed by atoms with E-state index in [1.54, 1.807) is 12.1 Å². The number of nitrogens with zero attached hydrogens (tertiary/aromatic N) is 2. The van der Waals surface area contributed by atoms with Gasteiger partial charge in [-0.2, -0.15) is 5.10 Å². The predicted octanol–water partition coefficient (Wildman–Crippen LogP) is 1.10. The summed E-state index contributed by atoms with van der Waals surface area (Å²) < 4.78 is 1.51. The van der Waals surface area contributed by atoms with Crippen molar-refractivity contribution in [3.8, 4) is 0 Å². The molecule has 0 spiro atoms. The van der Waals surface area contributed by atoms with Gasteiger partial charge >= 0.3 is 0 Å². The average molecular weight is 210 g/mol. The molecule has 0 radical (unpaired) electrons. The van der Waals surface area contributed by atoms with Gasteiger partial charge in [0.25, 0.3) is 5.56 Å². The molecule has 0 unspecified atom stereocenters. The molecule has 0 aliphatic carbocycles. The number of hydrogen-bond acceptors (Lipinski definition) is 3. The monoisotopic (exact) mass is 210 g/mol. The van der Waals surface area contributed by atoms with E-state index in [0.717, 1.165) is 31.4 Å². The van der Waals surface area contributed by atoms with Crippen molar-refractivity contribution in [2.24, 2.45) is 0 Å². The summed E-state index contributed by atoms with van der Waals surface area (Å²) in [5, 5.41) is 12.7. The molecule has 0 saturated heterocycles. The molecule has 1 aromatic heterocycles. The van der Waals surface area contributed by atoms with E-state index < -0.39 is 0 Å². The Kier molecular flexibility index (Phi) is 5.04. The lowest BCUT2D eigenvalue weighted by Crippen LogP contribution is -2.22. The molecule has 0 aliphatic rings. The fourth-order valence-electron chi connectivity index (χ4n) is 1.44. The van der Waals surface area contributed by atoms with Crippen LogP contribution in [0.25, 0.3) is 0 Å². The third-order valence-electron chi connectivity index (χ3n) is 2.28. The Hall–Kier alpha value is -1.16. The lowest BCUT2D eigenvalue weighted by atomic mass is 10.2. The molecule has 0 amide bonds. The summed E-state index contributed by atoms with van der Waals surface area (Å²) in [4.78, 5) is 11.4. The predicted molar refractivity (Wildman–Crippen MR) is 58.8 cm³/mol. The highest BCUT2D eigenvalue weighted by molar-refractivity contribution is 4.96. The molecule has 4 nitrogen and oxygen atoms in total. The Balaban J connectivity index is 2.37. The SMILES string of the molecule is Cc1ccc(=O)n(CCCCCCO)n1. The van der Waals surface area contributed by atoms with Crippen molar-refractivity contribution in [1.29, 1.82) is 0 Å². The summed E-state index contributed by atoms with van der Waals surface area (Å²) >= 11 is 0. The second-order valence-electron chi connectivity index (χ2n) is 3.67. The molecule has 1 N–H and O–H groups in total. The van der Waals surface area contributed by atoms with Gasteiger partial charge < -0.3 is 5.11 Å². The van der Waals surface area contributed by atoms with E-state index in [4.69, 9.17) is 5.11 Å². The van der Waals surface area contributed by atoms with Crippen LogP contribution in [0.3, 0.4) is 0 Å². The number of aryl methyl sites for hydroxylation is 2. The number of aliphatic hydroxyl groups is 1. The Labute approximate surface area is 89.6 Å². The van der Waals surface area contributed by atoms with Crippen LogP contribution in [0.4, 0.5) is 0 Å². The summed E-state index contributed by atoms with van der Waals surface area (Å²) in [5.74, 6) is 0. The minimum absolute atomic E-state index is 0.0391. The van der Waals surface area contributed by atoms with Crippen LogP contribution >= 0.6 is 0 Å². The van der Waals surface area contributed by atoms with E-state index in [0.29, 0.717) is 6.54 Å². The van der Waals surface area contributed by atoms with E-state index in [9.17, 15) is 4.79 Å². The second kappa shape index (κ2) is 6.35. The first-order valence-electron chi connectivity index (χ1n) is 5.39. The summed E-state index contributed by atoms with van der Waals surface area (Å²) in [5.41, 5.74) is 0.827. The highest BCUT2D eigenvalue weighted by Crippen LogP contribution is 2.00. The lowest BCUT2D eigenvalue weighted by molar-refractivity contribution is 0.282. The topological polar surface area (TPSA) is 55.1 Å². The fourth-order valence-corrected chi connectivity index (χ4v) is 1.44.